The maximum atomic E-state index is 12.1. The monoisotopic (exact) mass is 640 g/mol. The quantitative estimate of drug-likeness (QED) is 0.170. The van der Waals surface area contributed by atoms with Gasteiger partial charge in [-0.15, -0.1) is 0 Å². The molecule has 47 heavy (non-hydrogen) atoms. The molecule has 4 bridgehead atoms. The molecule has 0 fully saturated rings. The minimum Gasteiger partial charge on any atom is -0.478 e. The van der Waals surface area contributed by atoms with Gasteiger partial charge < -0.3 is 34.6 Å². The van der Waals surface area contributed by atoms with Crippen molar-refractivity contribution in [1.29, 1.82) is 0 Å². The number of rotatable bonds is 6. The third-order valence-electron chi connectivity index (χ3n) is 6.76. The van der Waals surface area contributed by atoms with E-state index in [4.69, 9.17) is 34.6 Å². The van der Waals surface area contributed by atoms with Crippen LogP contribution in [-0.2, 0) is 9.47 Å². The maximum Gasteiger partial charge on any atom is 0.346 e. The van der Waals surface area contributed by atoms with Crippen LogP contribution >= 0.6 is 0 Å². The summed E-state index contributed by atoms with van der Waals surface area (Å²) in [7, 11) is 0. The molecule has 2 heterocycles. The van der Waals surface area contributed by atoms with Crippen molar-refractivity contribution < 1.29 is 73.0 Å². The van der Waals surface area contributed by atoms with Crippen molar-refractivity contribution >= 4 is 47.8 Å². The number of esters is 4. The van der Waals surface area contributed by atoms with Crippen LogP contribution in [0.5, 0.6) is 11.5 Å². The highest BCUT2D eigenvalue weighted by Crippen LogP contribution is 2.31. The second-order valence-corrected chi connectivity index (χ2v) is 9.61. The molecule has 4 N–H and O–H groups in total. The molecule has 234 valence electrons. The Balaban J connectivity index is 0.000000185. The number of carboxylic acid groups (broad SMARTS) is 4. The number of fused-ring (bicyclic) bond motifs is 5. The zero-order valence-corrected chi connectivity index (χ0v) is 23.2. The fourth-order valence-corrected chi connectivity index (χ4v) is 4.57. The minimum atomic E-state index is -1.48. The molecule has 2 aliphatic heterocycles. The van der Waals surface area contributed by atoms with Crippen molar-refractivity contribution in [3.63, 3.8) is 0 Å². The summed E-state index contributed by atoms with van der Waals surface area (Å²) < 4.78 is 14.8. The van der Waals surface area contributed by atoms with Crippen molar-refractivity contribution in [2.75, 3.05) is 0 Å². The summed E-state index contributed by atoms with van der Waals surface area (Å²) in [5.74, 6) is -9.76. The molecule has 15 nitrogen and oxygen atoms in total. The first-order valence-electron chi connectivity index (χ1n) is 13.0. The third kappa shape index (κ3) is 6.12. The summed E-state index contributed by atoms with van der Waals surface area (Å²) in [4.78, 5) is 92.6. The van der Waals surface area contributed by atoms with E-state index in [0.717, 1.165) is 24.3 Å². The molecule has 2 aliphatic rings. The number of cyclic esters (lactones) is 2. The molecule has 0 spiro atoms. The van der Waals surface area contributed by atoms with Gasteiger partial charge in [0.15, 0.2) is 0 Å². The van der Waals surface area contributed by atoms with Gasteiger partial charge >= 0.3 is 47.8 Å². The molecule has 0 radical (unpaired) electrons. The highest BCUT2D eigenvalue weighted by molar-refractivity contribution is 6.16. The van der Waals surface area contributed by atoms with Gasteiger partial charge in [-0.3, -0.25) is 0 Å². The van der Waals surface area contributed by atoms with Gasteiger partial charge in [0, 0.05) is 0 Å². The Kier molecular flexibility index (Phi) is 8.04. The van der Waals surface area contributed by atoms with Crippen LogP contribution in [0.4, 0.5) is 0 Å². The lowest BCUT2D eigenvalue weighted by Crippen LogP contribution is -2.23. The van der Waals surface area contributed by atoms with Gasteiger partial charge in [-0.05, 0) is 71.8 Å². The molecule has 6 rings (SSSR count). The number of hydrogen-bond donors (Lipinski definition) is 4. The second kappa shape index (κ2) is 12.1. The van der Waals surface area contributed by atoms with E-state index in [2.05, 4.69) is 0 Å². The molecule has 0 unspecified atom stereocenters. The van der Waals surface area contributed by atoms with E-state index in [1.807, 2.05) is 0 Å². The van der Waals surface area contributed by atoms with Gasteiger partial charge in [0.25, 0.3) is 0 Å². The lowest BCUT2D eigenvalue weighted by atomic mass is 9.97. The Labute approximate surface area is 260 Å². The number of aromatic carboxylic acids is 4. The summed E-state index contributed by atoms with van der Waals surface area (Å²) in [6.45, 7) is 0. The Hall–Kier alpha value is -7.16. The molecule has 0 saturated heterocycles. The second-order valence-electron chi connectivity index (χ2n) is 9.61. The lowest BCUT2D eigenvalue weighted by Gasteiger charge is -2.11. The topological polar surface area (TPSA) is 245 Å². The normalized spacial score (nSPS) is 12.6. The van der Waals surface area contributed by atoms with Crippen LogP contribution in [0.1, 0.15) is 82.9 Å². The predicted octanol–water partition coefficient (Wildman–Crippen LogP) is 4.25. The van der Waals surface area contributed by atoms with Crippen LogP contribution in [0.25, 0.3) is 11.1 Å². The lowest BCUT2D eigenvalue weighted by molar-refractivity contribution is 0.0334. The van der Waals surface area contributed by atoms with Crippen LogP contribution in [0.15, 0.2) is 72.8 Å². The average Bonchev–Trinajstić information content (AvgIpc) is 3.06. The van der Waals surface area contributed by atoms with Crippen molar-refractivity contribution in [2.45, 2.75) is 0 Å². The molecule has 0 amide bonds. The highest BCUT2D eigenvalue weighted by Gasteiger charge is 2.32. The molecular formula is C32H16O15. The number of ether oxygens (including phenoxy) is 3. The first-order valence-corrected chi connectivity index (χ1v) is 13.0. The van der Waals surface area contributed by atoms with Crippen molar-refractivity contribution in [2.24, 2.45) is 0 Å². The van der Waals surface area contributed by atoms with Gasteiger partial charge in [0.05, 0.1) is 44.5 Å². The Morgan fingerprint density at radius 3 is 1.11 bits per heavy atom. The fraction of sp³-hybridized carbons (Fsp3) is 0. The predicted molar refractivity (Wildman–Crippen MR) is 152 cm³/mol. The molecule has 0 aromatic heterocycles. The molecule has 4 aromatic rings. The van der Waals surface area contributed by atoms with E-state index in [1.54, 1.807) is 12.1 Å². The van der Waals surface area contributed by atoms with Crippen molar-refractivity contribution in [3.8, 4) is 22.6 Å². The van der Waals surface area contributed by atoms with Gasteiger partial charge in [-0.25, -0.2) is 38.4 Å². The van der Waals surface area contributed by atoms with E-state index in [-0.39, 0.29) is 33.8 Å². The summed E-state index contributed by atoms with van der Waals surface area (Å²) in [5.41, 5.74) is -1.12. The summed E-state index contributed by atoms with van der Waals surface area (Å²) >= 11 is 0. The Morgan fingerprint density at radius 1 is 0.426 bits per heavy atom. The number of carboxylic acids is 4. The number of carbonyl (C=O) groups excluding carboxylic acids is 4. The first kappa shape index (κ1) is 31.3. The molecular weight excluding hydrogens is 624 g/mol. The molecule has 0 aliphatic carbocycles. The zero-order chi connectivity index (χ0) is 34.2. The van der Waals surface area contributed by atoms with E-state index in [0.29, 0.717) is 11.1 Å². The Morgan fingerprint density at radius 2 is 0.766 bits per heavy atom. The summed E-state index contributed by atoms with van der Waals surface area (Å²) in [5, 5.41) is 36.0. The highest BCUT2D eigenvalue weighted by atomic mass is 16.6. The van der Waals surface area contributed by atoms with E-state index >= 15 is 0 Å². The minimum absolute atomic E-state index is 0.0539. The van der Waals surface area contributed by atoms with Crippen molar-refractivity contribution in [3.05, 3.63) is 117 Å². The number of carbonyl (C=O) groups is 8. The molecule has 15 heteroatoms. The van der Waals surface area contributed by atoms with Gasteiger partial charge in [0.2, 0.25) is 0 Å². The van der Waals surface area contributed by atoms with Crippen LogP contribution in [-0.4, -0.2) is 68.2 Å². The van der Waals surface area contributed by atoms with Crippen LogP contribution in [0, 0.1) is 0 Å². The van der Waals surface area contributed by atoms with Crippen molar-refractivity contribution in [1.82, 2.24) is 0 Å². The average molecular weight is 640 g/mol. The number of hydrogen-bond acceptors (Lipinski definition) is 11. The standard InChI is InChI=1S/C16H10O9.C16H6O6/c17-13(18)9-3-1-7(5-11(9)15(21)22)25-8-2-4-10(14(19)20)12(6-8)16(23)24;17-13-9-3-1-7-5-11(9)15(19)22-16(20)12-6-8(7)2-4-10(12)14(18)21-13/h1-6H,(H,17,18)(H,19,20)(H,21,22)(H,23,24);1-6H. The van der Waals surface area contributed by atoms with Crippen LogP contribution < -0.4 is 4.74 Å². The van der Waals surface area contributed by atoms with Crippen LogP contribution in [0.3, 0.4) is 0 Å². The van der Waals surface area contributed by atoms with Gasteiger partial charge in [0.1, 0.15) is 11.5 Å². The fourth-order valence-electron chi connectivity index (χ4n) is 4.57. The zero-order valence-electron chi connectivity index (χ0n) is 23.2. The summed E-state index contributed by atoms with van der Waals surface area (Å²) in [6.07, 6.45) is 0. The molecule has 0 saturated carbocycles. The van der Waals surface area contributed by atoms with Crippen LogP contribution in [0.2, 0.25) is 0 Å². The molecule has 4 aromatic carbocycles. The Bertz CT molecular complexity index is 1960. The molecule has 0 atom stereocenters. The van der Waals surface area contributed by atoms with E-state index in [1.165, 1.54) is 36.4 Å². The largest absolute Gasteiger partial charge is 0.478 e. The smallest absolute Gasteiger partial charge is 0.346 e. The summed E-state index contributed by atoms with van der Waals surface area (Å²) in [6, 6.07) is 15.2. The van der Waals surface area contributed by atoms with E-state index in [9.17, 15) is 38.4 Å². The number of benzene rings is 4. The first-order chi connectivity index (χ1) is 22.2. The van der Waals surface area contributed by atoms with E-state index < -0.39 is 70.0 Å². The maximum absolute atomic E-state index is 12.1. The van der Waals surface area contributed by atoms with Gasteiger partial charge in [-0.1, -0.05) is 12.1 Å². The third-order valence-corrected chi connectivity index (χ3v) is 6.76. The SMILES string of the molecule is O=C(O)c1ccc(Oc2ccc(C(=O)O)c(C(=O)O)c2)cc1C(=O)O.O=C1OC(=O)c2ccc3cc2C(=O)OC(=O)c2cc-3ccc21. The van der Waals surface area contributed by atoms with Gasteiger partial charge in [-0.2, -0.15) is 0 Å².